The minimum Gasteiger partial charge on any atom is -0.475 e. The number of nitrogens with one attached hydrogen (secondary N) is 1. The lowest BCUT2D eigenvalue weighted by molar-refractivity contribution is 0.143. The number of rotatable bonds is 7. The van der Waals surface area contributed by atoms with Gasteiger partial charge in [0, 0.05) is 46.1 Å². The van der Waals surface area contributed by atoms with Crippen molar-refractivity contribution in [3.63, 3.8) is 0 Å². The van der Waals surface area contributed by atoms with E-state index in [0.29, 0.717) is 25.6 Å². The van der Waals surface area contributed by atoms with E-state index in [-0.39, 0.29) is 24.0 Å². The molecule has 1 aromatic carbocycles. The van der Waals surface area contributed by atoms with Crippen molar-refractivity contribution in [1.29, 1.82) is 0 Å². The number of likely N-dealkylation sites (tertiary alicyclic amines) is 1. The van der Waals surface area contributed by atoms with Crippen molar-refractivity contribution in [2.45, 2.75) is 19.4 Å². The average molecular weight is 522 g/mol. The van der Waals surface area contributed by atoms with E-state index in [1.165, 1.54) is 11.1 Å². The Hall–Kier alpha value is -2.13. The summed E-state index contributed by atoms with van der Waals surface area (Å²) in [5.41, 5.74) is 3.86. The second-order valence-electron chi connectivity index (χ2n) is 6.95. The number of hydrogen-bond acceptors (Lipinski definition) is 4. The molecule has 1 fully saturated rings. The van der Waals surface area contributed by atoms with Crippen LogP contribution >= 0.6 is 24.0 Å². The highest BCUT2D eigenvalue weighted by Crippen LogP contribution is 2.19. The van der Waals surface area contributed by atoms with Gasteiger partial charge in [-0.25, -0.2) is 4.98 Å². The van der Waals surface area contributed by atoms with Crippen LogP contribution in [0.25, 0.3) is 6.08 Å². The van der Waals surface area contributed by atoms with Crippen LogP contribution in [0.15, 0.2) is 59.2 Å². The van der Waals surface area contributed by atoms with Gasteiger partial charge in [-0.05, 0) is 24.0 Å². The van der Waals surface area contributed by atoms with Gasteiger partial charge in [-0.2, -0.15) is 0 Å². The topological polar surface area (TPSA) is 59.0 Å². The number of methoxy groups -OCH3 is 1. The molecule has 0 radical (unpaired) electrons. The minimum atomic E-state index is 0. The molecule has 2 heterocycles. The summed E-state index contributed by atoms with van der Waals surface area (Å²) in [6.45, 7) is 3.69. The van der Waals surface area contributed by atoms with Gasteiger partial charge in [-0.15, -0.1) is 24.0 Å². The van der Waals surface area contributed by atoms with Crippen LogP contribution in [-0.2, 0) is 11.3 Å². The van der Waals surface area contributed by atoms with Crippen molar-refractivity contribution >= 4 is 36.0 Å². The van der Waals surface area contributed by atoms with E-state index in [2.05, 4.69) is 56.6 Å². The van der Waals surface area contributed by atoms with Crippen LogP contribution in [0.4, 0.5) is 0 Å². The number of benzene rings is 1. The number of hydrogen-bond donors (Lipinski definition) is 1. The van der Waals surface area contributed by atoms with Crippen LogP contribution in [0.2, 0.25) is 0 Å². The number of aromatic nitrogens is 1. The van der Waals surface area contributed by atoms with Crippen molar-refractivity contribution in [3.05, 3.63) is 65.4 Å². The third kappa shape index (κ3) is 7.60. The number of piperidine rings is 1. The SMILES string of the molecule is CN=C(NCc1ccc(OCCOC)nc1)N1CCC(=Cc2ccccc2)CC1.I. The fourth-order valence-corrected chi connectivity index (χ4v) is 3.28. The third-order valence-corrected chi connectivity index (χ3v) is 4.87. The molecule has 0 aliphatic carbocycles. The maximum Gasteiger partial charge on any atom is 0.213 e. The molecule has 0 saturated carbocycles. The molecular weight excluding hydrogens is 491 g/mol. The van der Waals surface area contributed by atoms with Crippen molar-refractivity contribution in [1.82, 2.24) is 15.2 Å². The van der Waals surface area contributed by atoms with E-state index in [4.69, 9.17) is 9.47 Å². The van der Waals surface area contributed by atoms with E-state index in [0.717, 1.165) is 37.5 Å². The van der Waals surface area contributed by atoms with E-state index in [9.17, 15) is 0 Å². The summed E-state index contributed by atoms with van der Waals surface area (Å²) in [5.74, 6) is 1.55. The number of halogens is 1. The van der Waals surface area contributed by atoms with E-state index < -0.39 is 0 Å². The summed E-state index contributed by atoms with van der Waals surface area (Å²) in [6, 6.07) is 14.4. The highest BCUT2D eigenvalue weighted by Gasteiger charge is 2.17. The molecule has 1 aliphatic heterocycles. The summed E-state index contributed by atoms with van der Waals surface area (Å²) in [5, 5.41) is 3.45. The first-order valence-electron chi connectivity index (χ1n) is 10.1. The zero-order valence-electron chi connectivity index (χ0n) is 17.7. The zero-order chi connectivity index (χ0) is 20.3. The van der Waals surface area contributed by atoms with Crippen LogP contribution in [-0.4, -0.2) is 56.3 Å². The Bertz CT molecular complexity index is 800. The van der Waals surface area contributed by atoms with Gasteiger partial charge in [-0.3, -0.25) is 4.99 Å². The fraction of sp³-hybridized carbons (Fsp3) is 0.391. The smallest absolute Gasteiger partial charge is 0.213 e. The van der Waals surface area contributed by atoms with E-state index in [1.807, 2.05) is 25.4 Å². The molecule has 6 nitrogen and oxygen atoms in total. The molecular formula is C23H31IN4O2. The normalized spacial score (nSPS) is 14.1. The predicted molar refractivity (Wildman–Crippen MR) is 132 cm³/mol. The highest BCUT2D eigenvalue weighted by molar-refractivity contribution is 14.0. The van der Waals surface area contributed by atoms with Gasteiger partial charge >= 0.3 is 0 Å². The van der Waals surface area contributed by atoms with Gasteiger partial charge < -0.3 is 19.7 Å². The minimum absolute atomic E-state index is 0. The first kappa shape index (κ1) is 24.1. The third-order valence-electron chi connectivity index (χ3n) is 4.87. The molecule has 3 rings (SSSR count). The van der Waals surface area contributed by atoms with Crippen molar-refractivity contribution in [2.24, 2.45) is 4.99 Å². The van der Waals surface area contributed by atoms with Crippen LogP contribution < -0.4 is 10.1 Å². The first-order chi connectivity index (χ1) is 14.3. The Labute approximate surface area is 196 Å². The van der Waals surface area contributed by atoms with Crippen molar-refractivity contribution < 1.29 is 9.47 Å². The average Bonchev–Trinajstić information content (AvgIpc) is 2.77. The Kier molecular flexibility index (Phi) is 10.6. The lowest BCUT2D eigenvalue weighted by atomic mass is 10.0. The van der Waals surface area contributed by atoms with Gasteiger partial charge in [0.05, 0.1) is 6.61 Å². The van der Waals surface area contributed by atoms with Gasteiger partial charge in [0.2, 0.25) is 5.88 Å². The summed E-state index contributed by atoms with van der Waals surface area (Å²) < 4.78 is 10.5. The molecule has 0 unspecified atom stereocenters. The number of ether oxygens (including phenoxy) is 2. The van der Waals surface area contributed by atoms with Crippen LogP contribution in [0, 0.1) is 0 Å². The van der Waals surface area contributed by atoms with Crippen LogP contribution in [0.5, 0.6) is 5.88 Å². The zero-order valence-corrected chi connectivity index (χ0v) is 20.0. The fourth-order valence-electron chi connectivity index (χ4n) is 3.28. The number of guanidine groups is 1. The molecule has 7 heteroatoms. The standard InChI is InChI=1S/C23H30N4O2.HI/c1-24-23(26-18-21-8-9-22(25-17-21)29-15-14-28-2)27-12-10-20(11-13-27)16-19-6-4-3-5-7-19;/h3-9,16-17H,10-15,18H2,1-2H3,(H,24,26);1H. The van der Waals surface area contributed by atoms with E-state index >= 15 is 0 Å². The second kappa shape index (κ2) is 13.2. The summed E-state index contributed by atoms with van der Waals surface area (Å²) in [4.78, 5) is 11.1. The van der Waals surface area contributed by atoms with Crippen molar-refractivity contribution in [3.8, 4) is 5.88 Å². The molecule has 0 atom stereocenters. The molecule has 0 amide bonds. The summed E-state index contributed by atoms with van der Waals surface area (Å²) in [6.07, 6.45) is 6.27. The molecule has 0 spiro atoms. The molecule has 1 aromatic heterocycles. The Balaban J connectivity index is 0.00000320. The molecule has 2 aromatic rings. The summed E-state index contributed by atoms with van der Waals surface area (Å²) >= 11 is 0. The molecule has 1 aliphatic rings. The molecule has 1 saturated heterocycles. The van der Waals surface area contributed by atoms with Crippen LogP contribution in [0.3, 0.4) is 0 Å². The highest BCUT2D eigenvalue weighted by atomic mass is 127. The quantitative estimate of drug-likeness (QED) is 0.258. The lowest BCUT2D eigenvalue weighted by Gasteiger charge is -2.31. The van der Waals surface area contributed by atoms with Gasteiger partial charge in [-0.1, -0.05) is 48.0 Å². The van der Waals surface area contributed by atoms with Gasteiger partial charge in [0.1, 0.15) is 6.61 Å². The Morgan fingerprint density at radius 3 is 2.53 bits per heavy atom. The van der Waals surface area contributed by atoms with Crippen molar-refractivity contribution in [2.75, 3.05) is 40.5 Å². The predicted octanol–water partition coefficient (Wildman–Crippen LogP) is 3.98. The molecule has 30 heavy (non-hydrogen) atoms. The van der Waals surface area contributed by atoms with Gasteiger partial charge in [0.15, 0.2) is 5.96 Å². The first-order valence-corrected chi connectivity index (χ1v) is 10.1. The number of pyridine rings is 1. The Morgan fingerprint density at radius 1 is 1.13 bits per heavy atom. The monoisotopic (exact) mass is 522 g/mol. The summed E-state index contributed by atoms with van der Waals surface area (Å²) in [7, 11) is 3.49. The molecule has 162 valence electrons. The number of aliphatic imine (C=N–C) groups is 1. The lowest BCUT2D eigenvalue weighted by Crippen LogP contribution is -2.44. The number of nitrogens with zero attached hydrogens (tertiary/aromatic N) is 3. The van der Waals surface area contributed by atoms with Gasteiger partial charge in [0.25, 0.3) is 0 Å². The van der Waals surface area contributed by atoms with E-state index in [1.54, 1.807) is 7.11 Å². The van der Waals surface area contributed by atoms with Crippen LogP contribution in [0.1, 0.15) is 24.0 Å². The maximum atomic E-state index is 5.50. The molecule has 0 bridgehead atoms. The Morgan fingerprint density at radius 2 is 1.90 bits per heavy atom. The maximum absolute atomic E-state index is 5.50. The molecule has 1 N–H and O–H groups in total. The largest absolute Gasteiger partial charge is 0.475 e. The second-order valence-corrected chi connectivity index (χ2v) is 6.95.